The van der Waals surface area contributed by atoms with Crippen LogP contribution in [0.3, 0.4) is 0 Å². The van der Waals surface area contributed by atoms with Crippen molar-refractivity contribution in [3.63, 3.8) is 0 Å². The van der Waals surface area contributed by atoms with E-state index >= 15 is 0 Å². The highest BCUT2D eigenvalue weighted by molar-refractivity contribution is 7.16. The fraction of sp³-hybridized carbons (Fsp3) is 0.393. The molecule has 3 heterocycles. The minimum absolute atomic E-state index is 0.0955. The molecule has 3 aromatic rings. The average molecular weight is 557 g/mol. The van der Waals surface area contributed by atoms with Gasteiger partial charge in [-0.1, -0.05) is 32.4 Å². The lowest BCUT2D eigenvalue weighted by molar-refractivity contribution is 0.0320. The van der Waals surface area contributed by atoms with Gasteiger partial charge in [0.05, 0.1) is 18.8 Å². The molecule has 10 heteroatoms. The molecule has 2 aromatic heterocycles. The summed E-state index contributed by atoms with van der Waals surface area (Å²) in [5.74, 6) is 0.445. The Labute approximate surface area is 232 Å². The predicted molar refractivity (Wildman–Crippen MR) is 153 cm³/mol. The van der Waals surface area contributed by atoms with Gasteiger partial charge in [0, 0.05) is 58.6 Å². The molecule has 8 nitrogen and oxygen atoms in total. The van der Waals surface area contributed by atoms with E-state index < -0.39 is 6.03 Å². The van der Waals surface area contributed by atoms with Gasteiger partial charge >= 0.3 is 6.03 Å². The highest BCUT2D eigenvalue weighted by Crippen LogP contribution is 2.36. The molecule has 2 amide bonds. The molecular weight excluding hydrogens is 524 g/mol. The predicted octanol–water partition coefficient (Wildman–Crippen LogP) is 6.32. The highest BCUT2D eigenvalue weighted by Gasteiger charge is 2.22. The fourth-order valence-electron chi connectivity index (χ4n) is 3.93. The molecule has 38 heavy (non-hydrogen) atoms. The number of hydrogen-bond acceptors (Lipinski definition) is 7. The third kappa shape index (κ3) is 7.32. The molecule has 1 saturated heterocycles. The van der Waals surface area contributed by atoms with Crippen molar-refractivity contribution in [3.05, 3.63) is 58.1 Å². The Hall–Kier alpha value is -2.98. The second-order valence-corrected chi connectivity index (χ2v) is 11.6. The van der Waals surface area contributed by atoms with Gasteiger partial charge in [-0.15, -0.1) is 11.3 Å². The molecule has 4 rings (SSSR count). The summed E-state index contributed by atoms with van der Waals surface area (Å²) in [6, 6.07) is 10.4. The van der Waals surface area contributed by atoms with E-state index in [9.17, 15) is 9.59 Å². The monoisotopic (exact) mass is 556 g/mol. The van der Waals surface area contributed by atoms with E-state index in [1.54, 1.807) is 24.4 Å². The molecule has 0 aliphatic carbocycles. The average Bonchev–Trinajstić information content (AvgIpc) is 3.31. The Morgan fingerprint density at radius 3 is 2.55 bits per heavy atom. The van der Waals surface area contributed by atoms with E-state index in [-0.39, 0.29) is 11.2 Å². The van der Waals surface area contributed by atoms with Crippen molar-refractivity contribution < 1.29 is 19.1 Å². The zero-order chi connectivity index (χ0) is 27.3. The van der Waals surface area contributed by atoms with Crippen LogP contribution in [0, 0.1) is 0 Å². The lowest BCUT2D eigenvalue weighted by Gasteiger charge is -2.26. The van der Waals surface area contributed by atoms with E-state index in [2.05, 4.69) is 41.3 Å². The van der Waals surface area contributed by atoms with Crippen LogP contribution >= 0.6 is 22.9 Å². The number of nitrogens with one attached hydrogen (secondary N) is 2. The van der Waals surface area contributed by atoms with Crippen LogP contribution in [0.1, 0.15) is 42.9 Å². The number of amides is 2. The summed E-state index contributed by atoms with van der Waals surface area (Å²) in [7, 11) is 0. The summed E-state index contributed by atoms with van der Waals surface area (Å²) in [4.78, 5) is 32.7. The number of carbonyl (C=O) groups excluding carboxylic acids is 2. The van der Waals surface area contributed by atoms with Crippen molar-refractivity contribution in [2.75, 3.05) is 50.1 Å². The third-order valence-electron chi connectivity index (χ3n) is 6.11. The minimum Gasteiger partial charge on any atom is -0.476 e. The zero-order valence-electron chi connectivity index (χ0n) is 22.1. The molecule has 1 fully saturated rings. The second kappa shape index (κ2) is 12.3. The van der Waals surface area contributed by atoms with Gasteiger partial charge in [0.1, 0.15) is 11.6 Å². The Balaban J connectivity index is 1.40. The highest BCUT2D eigenvalue weighted by atomic mass is 35.5. The number of Topliss-reactive ketones (excluding diaryl/α,β-unsaturated/α-hetero) is 1. The molecule has 0 unspecified atom stereocenters. The smallest absolute Gasteiger partial charge is 0.324 e. The maximum atomic E-state index is 12.8. The number of anilines is 2. The van der Waals surface area contributed by atoms with Crippen molar-refractivity contribution >= 4 is 45.4 Å². The molecule has 202 valence electrons. The molecule has 1 aromatic carbocycles. The maximum absolute atomic E-state index is 12.8. The summed E-state index contributed by atoms with van der Waals surface area (Å²) in [6.45, 7) is 12.4. The molecule has 0 atom stereocenters. The van der Waals surface area contributed by atoms with Crippen LogP contribution in [-0.2, 0) is 10.2 Å². The number of ether oxygens (including phenoxy) is 2. The lowest BCUT2D eigenvalue weighted by Crippen LogP contribution is -2.38. The number of urea groups is 1. The Bertz CT molecular complexity index is 1280. The molecular formula is C28H33ClN4O4S. The number of pyridine rings is 1. The van der Waals surface area contributed by atoms with Crippen LogP contribution in [0.4, 0.5) is 15.5 Å². The molecule has 0 spiro atoms. The fourth-order valence-corrected chi connectivity index (χ4v) is 5.32. The standard InChI is InChI=1S/C28H33ClN4O4S/c1-18(34)21-16-24(28(2,3)4)38-26(21)32-27(35)31-20-6-7-23(29)22(15-20)19-5-8-25(30-17-19)37-14-11-33-9-12-36-13-10-33/h5-8,15-17H,9-14H2,1-4H3,(H2,31,32,35). The zero-order valence-corrected chi connectivity index (χ0v) is 23.7. The Kier molecular flexibility index (Phi) is 9.04. The van der Waals surface area contributed by atoms with E-state index in [1.807, 2.05) is 18.2 Å². The number of benzene rings is 1. The molecule has 1 aliphatic heterocycles. The molecule has 0 saturated carbocycles. The van der Waals surface area contributed by atoms with Crippen LogP contribution in [0.5, 0.6) is 5.88 Å². The number of carbonyl (C=O) groups is 2. The van der Waals surface area contributed by atoms with Gasteiger partial charge in [0.15, 0.2) is 5.78 Å². The number of halogens is 1. The molecule has 2 N–H and O–H groups in total. The Morgan fingerprint density at radius 2 is 1.89 bits per heavy atom. The summed E-state index contributed by atoms with van der Waals surface area (Å²) in [6.07, 6.45) is 1.70. The van der Waals surface area contributed by atoms with Crippen LogP contribution in [0.25, 0.3) is 11.1 Å². The van der Waals surface area contributed by atoms with Gasteiger partial charge in [-0.3, -0.25) is 15.0 Å². The summed E-state index contributed by atoms with van der Waals surface area (Å²) >= 11 is 7.88. The first-order valence-electron chi connectivity index (χ1n) is 12.5. The first-order chi connectivity index (χ1) is 18.1. The lowest BCUT2D eigenvalue weighted by atomic mass is 9.94. The molecule has 0 bridgehead atoms. The van der Waals surface area contributed by atoms with Gasteiger partial charge in [0.25, 0.3) is 0 Å². The summed E-state index contributed by atoms with van der Waals surface area (Å²) < 4.78 is 11.2. The number of ketones is 1. The van der Waals surface area contributed by atoms with E-state index in [0.717, 1.165) is 48.9 Å². The first-order valence-corrected chi connectivity index (χ1v) is 13.7. The van der Waals surface area contributed by atoms with Gasteiger partial charge in [-0.05, 0) is 42.7 Å². The van der Waals surface area contributed by atoms with Crippen LogP contribution in [0.15, 0.2) is 42.6 Å². The van der Waals surface area contributed by atoms with Crippen molar-refractivity contribution in [1.29, 1.82) is 0 Å². The van der Waals surface area contributed by atoms with Gasteiger partial charge in [-0.2, -0.15) is 0 Å². The van der Waals surface area contributed by atoms with Crippen molar-refractivity contribution in [2.45, 2.75) is 33.1 Å². The van der Waals surface area contributed by atoms with E-state index in [4.69, 9.17) is 21.1 Å². The topological polar surface area (TPSA) is 92.8 Å². The van der Waals surface area contributed by atoms with Crippen molar-refractivity contribution in [1.82, 2.24) is 9.88 Å². The SMILES string of the molecule is CC(=O)c1cc(C(C)(C)C)sc1NC(=O)Nc1ccc(Cl)c(-c2ccc(OCCN3CCOCC3)nc2)c1. The van der Waals surface area contributed by atoms with Crippen LogP contribution in [-0.4, -0.2) is 61.2 Å². The Morgan fingerprint density at radius 1 is 1.13 bits per heavy atom. The summed E-state index contributed by atoms with van der Waals surface area (Å²) in [5, 5.41) is 6.74. The largest absolute Gasteiger partial charge is 0.476 e. The van der Waals surface area contributed by atoms with Crippen LogP contribution < -0.4 is 15.4 Å². The third-order valence-corrected chi connectivity index (χ3v) is 7.92. The van der Waals surface area contributed by atoms with Crippen LogP contribution in [0.2, 0.25) is 5.02 Å². The van der Waals surface area contributed by atoms with Crippen molar-refractivity contribution in [2.24, 2.45) is 0 Å². The number of hydrogen-bond donors (Lipinski definition) is 2. The molecule has 0 radical (unpaired) electrons. The summed E-state index contributed by atoms with van der Waals surface area (Å²) in [5.41, 5.74) is 2.46. The number of nitrogens with zero attached hydrogens (tertiary/aromatic N) is 2. The van der Waals surface area contributed by atoms with Gasteiger partial charge in [0.2, 0.25) is 5.88 Å². The maximum Gasteiger partial charge on any atom is 0.324 e. The first kappa shape index (κ1) is 28.0. The minimum atomic E-state index is -0.440. The van der Waals surface area contributed by atoms with Gasteiger partial charge < -0.3 is 14.8 Å². The number of thiophene rings is 1. The number of morpholine rings is 1. The number of rotatable bonds is 8. The second-order valence-electron chi connectivity index (χ2n) is 10.1. The van der Waals surface area contributed by atoms with E-state index in [0.29, 0.717) is 33.8 Å². The normalized spacial score (nSPS) is 14.2. The van der Waals surface area contributed by atoms with Crippen molar-refractivity contribution in [3.8, 4) is 17.0 Å². The quantitative estimate of drug-likeness (QED) is 0.315. The van der Waals surface area contributed by atoms with Gasteiger partial charge in [-0.25, -0.2) is 9.78 Å². The van der Waals surface area contributed by atoms with E-state index in [1.165, 1.54) is 18.3 Å². The molecule has 1 aliphatic rings. The number of aromatic nitrogens is 1.